The van der Waals surface area contributed by atoms with Crippen molar-refractivity contribution in [1.82, 2.24) is 14.7 Å². The molecule has 2 aromatic carbocycles. The standard InChI is InChI=1S/C28H39N3O3/c1-20(2)30(17-24(32)19-33-28(5,6)7)18-26-22(4)29-31(23-11-9-8-10-12-23)27(26)34-25-15-13-21(3)14-16-25/h8-16,20,24,32H,17-19H2,1-7H3/t24-/m0/s1. The topological polar surface area (TPSA) is 59.8 Å². The molecule has 0 saturated carbocycles. The Morgan fingerprint density at radius 3 is 2.24 bits per heavy atom. The van der Waals surface area contributed by atoms with E-state index < -0.39 is 6.10 Å². The van der Waals surface area contributed by atoms with Crippen molar-refractivity contribution in [2.75, 3.05) is 13.2 Å². The SMILES string of the molecule is Cc1ccc(Oc2c(CN(C[C@H](O)COC(C)(C)C)C(C)C)c(C)nn2-c2ccccc2)cc1. The molecule has 3 aromatic rings. The zero-order chi connectivity index (χ0) is 24.9. The number of hydrogen-bond acceptors (Lipinski definition) is 5. The largest absolute Gasteiger partial charge is 0.439 e. The molecule has 0 amide bonds. The van der Waals surface area contributed by atoms with Gasteiger partial charge in [-0.05, 0) is 72.7 Å². The van der Waals surface area contributed by atoms with Crippen LogP contribution in [0.5, 0.6) is 11.6 Å². The van der Waals surface area contributed by atoms with E-state index >= 15 is 0 Å². The molecular weight excluding hydrogens is 426 g/mol. The van der Waals surface area contributed by atoms with Gasteiger partial charge in [-0.15, -0.1) is 0 Å². The monoisotopic (exact) mass is 465 g/mol. The van der Waals surface area contributed by atoms with Crippen molar-refractivity contribution in [3.8, 4) is 17.3 Å². The van der Waals surface area contributed by atoms with Crippen LogP contribution in [0.2, 0.25) is 0 Å². The van der Waals surface area contributed by atoms with Crippen molar-refractivity contribution < 1.29 is 14.6 Å². The molecule has 0 bridgehead atoms. The average molecular weight is 466 g/mol. The molecule has 0 aliphatic carbocycles. The summed E-state index contributed by atoms with van der Waals surface area (Å²) in [6.45, 7) is 15.7. The van der Waals surface area contributed by atoms with Gasteiger partial charge in [0.25, 0.3) is 0 Å². The molecule has 1 aromatic heterocycles. The number of aliphatic hydroxyl groups excluding tert-OH is 1. The summed E-state index contributed by atoms with van der Waals surface area (Å²) in [7, 11) is 0. The second-order valence-corrected chi connectivity index (χ2v) is 10.1. The number of para-hydroxylation sites is 1. The van der Waals surface area contributed by atoms with E-state index in [0.29, 0.717) is 25.6 Å². The van der Waals surface area contributed by atoms with Gasteiger partial charge in [0.05, 0.1) is 35.3 Å². The summed E-state index contributed by atoms with van der Waals surface area (Å²) in [6.07, 6.45) is -0.590. The molecule has 0 spiro atoms. The van der Waals surface area contributed by atoms with Crippen molar-refractivity contribution in [3.05, 3.63) is 71.4 Å². The predicted octanol–water partition coefficient (Wildman–Crippen LogP) is 5.67. The second-order valence-electron chi connectivity index (χ2n) is 10.1. The molecule has 34 heavy (non-hydrogen) atoms. The van der Waals surface area contributed by atoms with Gasteiger partial charge in [0.1, 0.15) is 5.75 Å². The van der Waals surface area contributed by atoms with Gasteiger partial charge in [0, 0.05) is 19.1 Å². The lowest BCUT2D eigenvalue weighted by Gasteiger charge is -2.30. The van der Waals surface area contributed by atoms with Crippen LogP contribution in [0.1, 0.15) is 51.4 Å². The Morgan fingerprint density at radius 1 is 1.00 bits per heavy atom. The van der Waals surface area contributed by atoms with Crippen LogP contribution in [-0.4, -0.2) is 50.7 Å². The Morgan fingerprint density at radius 2 is 1.65 bits per heavy atom. The van der Waals surface area contributed by atoms with Gasteiger partial charge in [-0.25, -0.2) is 4.68 Å². The van der Waals surface area contributed by atoms with Crippen molar-refractivity contribution in [2.24, 2.45) is 0 Å². The fourth-order valence-corrected chi connectivity index (χ4v) is 3.62. The van der Waals surface area contributed by atoms with E-state index in [1.165, 1.54) is 5.56 Å². The number of hydrogen-bond donors (Lipinski definition) is 1. The lowest BCUT2D eigenvalue weighted by Crippen LogP contribution is -2.40. The molecule has 0 aliphatic heterocycles. The minimum Gasteiger partial charge on any atom is -0.439 e. The molecule has 0 aliphatic rings. The molecular formula is C28H39N3O3. The van der Waals surface area contributed by atoms with E-state index in [1.54, 1.807) is 0 Å². The maximum absolute atomic E-state index is 10.7. The maximum Gasteiger partial charge on any atom is 0.227 e. The Bertz CT molecular complexity index is 1040. The predicted molar refractivity (Wildman–Crippen MR) is 137 cm³/mol. The molecule has 6 heteroatoms. The lowest BCUT2D eigenvalue weighted by atomic mass is 10.1. The summed E-state index contributed by atoms with van der Waals surface area (Å²) in [5.74, 6) is 1.46. The Hall–Kier alpha value is -2.67. The highest BCUT2D eigenvalue weighted by atomic mass is 16.5. The van der Waals surface area contributed by atoms with E-state index in [1.807, 2.05) is 87.0 Å². The number of nitrogens with zero attached hydrogens (tertiary/aromatic N) is 3. The Kier molecular flexibility index (Phi) is 8.52. The first-order chi connectivity index (χ1) is 16.0. The highest BCUT2D eigenvalue weighted by Crippen LogP contribution is 2.32. The van der Waals surface area contributed by atoms with Crippen molar-refractivity contribution in [1.29, 1.82) is 0 Å². The van der Waals surface area contributed by atoms with Gasteiger partial charge in [-0.3, -0.25) is 4.90 Å². The average Bonchev–Trinajstić information content (AvgIpc) is 3.08. The van der Waals surface area contributed by atoms with E-state index in [0.717, 1.165) is 22.7 Å². The van der Waals surface area contributed by atoms with E-state index in [2.05, 4.69) is 25.7 Å². The summed E-state index contributed by atoms with van der Waals surface area (Å²) in [6, 6.07) is 18.3. The van der Waals surface area contributed by atoms with E-state index in [9.17, 15) is 5.11 Å². The van der Waals surface area contributed by atoms with Crippen molar-refractivity contribution in [2.45, 2.75) is 72.8 Å². The van der Waals surface area contributed by atoms with Gasteiger partial charge in [-0.2, -0.15) is 5.10 Å². The van der Waals surface area contributed by atoms with Gasteiger partial charge in [0.2, 0.25) is 5.88 Å². The van der Waals surface area contributed by atoms with Crippen LogP contribution in [0.25, 0.3) is 5.69 Å². The molecule has 0 unspecified atom stereocenters. The number of ether oxygens (including phenoxy) is 2. The van der Waals surface area contributed by atoms with E-state index in [-0.39, 0.29) is 11.6 Å². The van der Waals surface area contributed by atoms with Crippen LogP contribution in [0, 0.1) is 13.8 Å². The fourth-order valence-electron chi connectivity index (χ4n) is 3.62. The fraction of sp³-hybridized carbons (Fsp3) is 0.464. The molecule has 1 N–H and O–H groups in total. The number of aryl methyl sites for hydroxylation is 2. The first kappa shape index (κ1) is 25.9. The maximum atomic E-state index is 10.7. The van der Waals surface area contributed by atoms with Gasteiger partial charge in [0.15, 0.2) is 0 Å². The third kappa shape index (κ3) is 7.16. The van der Waals surface area contributed by atoms with Crippen molar-refractivity contribution >= 4 is 0 Å². The highest BCUT2D eigenvalue weighted by Gasteiger charge is 2.24. The highest BCUT2D eigenvalue weighted by molar-refractivity contribution is 5.43. The minimum atomic E-state index is -0.590. The number of aromatic nitrogens is 2. The summed E-state index contributed by atoms with van der Waals surface area (Å²) in [4.78, 5) is 2.23. The van der Waals surface area contributed by atoms with Crippen LogP contribution in [0.4, 0.5) is 0 Å². The first-order valence-electron chi connectivity index (χ1n) is 12.0. The summed E-state index contributed by atoms with van der Waals surface area (Å²) in [5, 5.41) is 15.5. The third-order valence-corrected chi connectivity index (χ3v) is 5.62. The van der Waals surface area contributed by atoms with Crippen LogP contribution in [0.15, 0.2) is 54.6 Å². The number of aliphatic hydroxyl groups is 1. The molecule has 184 valence electrons. The normalized spacial score (nSPS) is 13.0. The van der Waals surface area contributed by atoms with Crippen LogP contribution in [0.3, 0.4) is 0 Å². The first-order valence-corrected chi connectivity index (χ1v) is 12.0. The van der Waals surface area contributed by atoms with Gasteiger partial charge >= 0.3 is 0 Å². The molecule has 0 saturated heterocycles. The second kappa shape index (κ2) is 11.2. The summed E-state index contributed by atoms with van der Waals surface area (Å²) >= 11 is 0. The van der Waals surface area contributed by atoms with Gasteiger partial charge in [-0.1, -0.05) is 35.9 Å². The summed E-state index contributed by atoms with van der Waals surface area (Å²) in [5.41, 5.74) is 3.73. The molecule has 1 heterocycles. The Balaban J connectivity index is 1.92. The van der Waals surface area contributed by atoms with Gasteiger partial charge < -0.3 is 14.6 Å². The molecule has 0 radical (unpaired) electrons. The van der Waals surface area contributed by atoms with Crippen LogP contribution in [-0.2, 0) is 11.3 Å². The zero-order valence-corrected chi connectivity index (χ0v) is 21.6. The molecule has 1 atom stereocenters. The van der Waals surface area contributed by atoms with Crippen LogP contribution >= 0.6 is 0 Å². The van der Waals surface area contributed by atoms with Crippen molar-refractivity contribution in [3.63, 3.8) is 0 Å². The summed E-state index contributed by atoms with van der Waals surface area (Å²) < 4.78 is 14.1. The minimum absolute atomic E-state index is 0.219. The molecule has 0 fully saturated rings. The smallest absolute Gasteiger partial charge is 0.227 e. The third-order valence-electron chi connectivity index (χ3n) is 5.62. The molecule has 3 rings (SSSR count). The quantitative estimate of drug-likeness (QED) is 0.418. The van der Waals surface area contributed by atoms with Crippen LogP contribution < -0.4 is 4.74 Å². The Labute approximate surface area is 204 Å². The number of benzene rings is 2. The zero-order valence-electron chi connectivity index (χ0n) is 21.6. The lowest BCUT2D eigenvalue weighted by molar-refractivity contribution is -0.0587. The number of rotatable bonds is 10. The molecule has 6 nitrogen and oxygen atoms in total. The van der Waals surface area contributed by atoms with E-state index in [4.69, 9.17) is 14.6 Å².